The molecule has 0 aliphatic carbocycles. The molecule has 0 unspecified atom stereocenters. The zero-order chi connectivity index (χ0) is 9.14. The van der Waals surface area contributed by atoms with Gasteiger partial charge < -0.3 is 5.73 Å². The molecule has 0 atom stereocenters. The van der Waals surface area contributed by atoms with Crippen molar-refractivity contribution < 1.29 is 9.18 Å². The SMILES string of the molecule is C=C(C(N)=O)c1ccccc1F. The van der Waals surface area contributed by atoms with Gasteiger partial charge in [0.1, 0.15) is 5.82 Å². The summed E-state index contributed by atoms with van der Waals surface area (Å²) in [4.78, 5) is 10.6. The van der Waals surface area contributed by atoms with Crippen molar-refractivity contribution >= 4 is 11.5 Å². The van der Waals surface area contributed by atoms with Crippen molar-refractivity contribution in [3.8, 4) is 0 Å². The zero-order valence-electron chi connectivity index (χ0n) is 6.38. The normalized spacial score (nSPS) is 9.42. The second-order valence-corrected chi connectivity index (χ2v) is 2.32. The van der Waals surface area contributed by atoms with Gasteiger partial charge in [-0.3, -0.25) is 4.79 Å². The van der Waals surface area contributed by atoms with E-state index in [9.17, 15) is 9.18 Å². The van der Waals surface area contributed by atoms with Gasteiger partial charge in [0.15, 0.2) is 0 Å². The first-order valence-electron chi connectivity index (χ1n) is 3.36. The van der Waals surface area contributed by atoms with Crippen molar-refractivity contribution in [2.45, 2.75) is 0 Å². The second-order valence-electron chi connectivity index (χ2n) is 2.32. The molecule has 0 aliphatic heterocycles. The Morgan fingerprint density at radius 1 is 1.42 bits per heavy atom. The van der Waals surface area contributed by atoms with Gasteiger partial charge in [0.2, 0.25) is 5.91 Å². The van der Waals surface area contributed by atoms with Crippen LogP contribution in [0.3, 0.4) is 0 Å². The van der Waals surface area contributed by atoms with Gasteiger partial charge >= 0.3 is 0 Å². The Kier molecular flexibility index (Phi) is 2.24. The van der Waals surface area contributed by atoms with Crippen molar-refractivity contribution in [1.82, 2.24) is 0 Å². The summed E-state index contributed by atoms with van der Waals surface area (Å²) in [5.41, 5.74) is 5.08. The van der Waals surface area contributed by atoms with E-state index in [1.165, 1.54) is 18.2 Å². The van der Waals surface area contributed by atoms with E-state index in [1.807, 2.05) is 0 Å². The Balaban J connectivity index is 3.11. The van der Waals surface area contributed by atoms with E-state index < -0.39 is 11.7 Å². The second kappa shape index (κ2) is 3.17. The predicted octanol–water partition coefficient (Wildman–Crippen LogP) is 1.32. The van der Waals surface area contributed by atoms with Crippen molar-refractivity contribution in [1.29, 1.82) is 0 Å². The first-order valence-corrected chi connectivity index (χ1v) is 3.36. The van der Waals surface area contributed by atoms with Crippen LogP contribution in [-0.2, 0) is 4.79 Å². The van der Waals surface area contributed by atoms with E-state index in [-0.39, 0.29) is 11.1 Å². The van der Waals surface area contributed by atoms with Gasteiger partial charge in [-0.2, -0.15) is 0 Å². The van der Waals surface area contributed by atoms with E-state index in [1.54, 1.807) is 6.07 Å². The van der Waals surface area contributed by atoms with Crippen LogP contribution in [0.15, 0.2) is 30.8 Å². The Bertz CT molecular complexity index is 333. The molecule has 12 heavy (non-hydrogen) atoms. The highest BCUT2D eigenvalue weighted by Crippen LogP contribution is 2.14. The molecule has 2 N–H and O–H groups in total. The number of hydrogen-bond acceptors (Lipinski definition) is 1. The molecule has 0 bridgehead atoms. The lowest BCUT2D eigenvalue weighted by Crippen LogP contribution is -2.12. The molecule has 62 valence electrons. The maximum Gasteiger partial charge on any atom is 0.248 e. The van der Waals surface area contributed by atoms with Gasteiger partial charge in [-0.1, -0.05) is 24.8 Å². The zero-order valence-corrected chi connectivity index (χ0v) is 6.38. The van der Waals surface area contributed by atoms with Crippen LogP contribution in [0, 0.1) is 5.82 Å². The lowest BCUT2D eigenvalue weighted by molar-refractivity contribution is -0.112. The summed E-state index contributed by atoms with van der Waals surface area (Å²) >= 11 is 0. The van der Waals surface area contributed by atoms with Crippen LogP contribution in [0.25, 0.3) is 5.57 Å². The monoisotopic (exact) mass is 165 g/mol. The molecule has 0 saturated carbocycles. The van der Waals surface area contributed by atoms with Gasteiger partial charge in [0, 0.05) is 11.1 Å². The number of hydrogen-bond donors (Lipinski definition) is 1. The maximum atomic E-state index is 12.9. The minimum Gasteiger partial charge on any atom is -0.366 e. The number of amides is 1. The van der Waals surface area contributed by atoms with Crippen LogP contribution in [0.2, 0.25) is 0 Å². The fraction of sp³-hybridized carbons (Fsp3) is 0. The minimum atomic E-state index is -0.708. The van der Waals surface area contributed by atoms with Crippen LogP contribution in [0.5, 0.6) is 0 Å². The highest BCUT2D eigenvalue weighted by molar-refractivity contribution is 6.17. The highest BCUT2D eigenvalue weighted by Gasteiger charge is 2.08. The quantitative estimate of drug-likeness (QED) is 0.660. The van der Waals surface area contributed by atoms with Crippen LogP contribution in [-0.4, -0.2) is 5.91 Å². The number of nitrogens with two attached hydrogens (primary N) is 1. The maximum absolute atomic E-state index is 12.9. The summed E-state index contributed by atoms with van der Waals surface area (Å²) in [6, 6.07) is 5.87. The molecule has 0 aliphatic rings. The molecule has 0 aromatic heterocycles. The molecule has 1 aromatic carbocycles. The molecular weight excluding hydrogens is 157 g/mol. The standard InChI is InChI=1S/C9H8FNO/c1-6(9(11)12)7-4-2-3-5-8(7)10/h2-5H,1H2,(H2,11,12). The first kappa shape index (κ1) is 8.46. The number of halogens is 1. The third kappa shape index (κ3) is 1.50. The molecule has 3 heteroatoms. The van der Waals surface area contributed by atoms with E-state index in [0.717, 1.165) is 0 Å². The fourth-order valence-electron chi connectivity index (χ4n) is 0.839. The predicted molar refractivity (Wildman–Crippen MR) is 44.6 cm³/mol. The highest BCUT2D eigenvalue weighted by atomic mass is 19.1. The first-order chi connectivity index (χ1) is 5.63. The molecular formula is C9H8FNO. The molecule has 0 heterocycles. The van der Waals surface area contributed by atoms with Gasteiger partial charge in [0.05, 0.1) is 0 Å². The third-order valence-electron chi connectivity index (χ3n) is 1.50. The van der Waals surface area contributed by atoms with E-state index in [4.69, 9.17) is 5.73 Å². The Morgan fingerprint density at radius 2 is 2.00 bits per heavy atom. The third-order valence-corrected chi connectivity index (χ3v) is 1.50. The van der Waals surface area contributed by atoms with Gasteiger partial charge in [-0.25, -0.2) is 4.39 Å². The summed E-state index contributed by atoms with van der Waals surface area (Å²) < 4.78 is 12.9. The fourth-order valence-corrected chi connectivity index (χ4v) is 0.839. The summed E-state index contributed by atoms with van der Waals surface area (Å²) in [6.45, 7) is 3.37. The summed E-state index contributed by atoms with van der Waals surface area (Å²) in [5.74, 6) is -1.19. The van der Waals surface area contributed by atoms with Crippen LogP contribution < -0.4 is 5.73 Å². The number of carbonyl (C=O) groups excluding carboxylic acids is 1. The molecule has 1 amide bonds. The summed E-state index contributed by atoms with van der Waals surface area (Å²) in [5, 5.41) is 0. The lowest BCUT2D eigenvalue weighted by Gasteiger charge is -2.01. The van der Waals surface area contributed by atoms with Gasteiger partial charge in [0.25, 0.3) is 0 Å². The van der Waals surface area contributed by atoms with Crippen LogP contribution >= 0.6 is 0 Å². The van der Waals surface area contributed by atoms with E-state index >= 15 is 0 Å². The number of primary amides is 1. The number of benzene rings is 1. The number of carbonyl (C=O) groups is 1. The van der Waals surface area contributed by atoms with Crippen molar-refractivity contribution in [3.63, 3.8) is 0 Å². The van der Waals surface area contributed by atoms with Gasteiger partial charge in [-0.05, 0) is 6.07 Å². The molecule has 0 fully saturated rings. The van der Waals surface area contributed by atoms with Crippen LogP contribution in [0.4, 0.5) is 4.39 Å². The molecule has 0 radical (unpaired) electrons. The van der Waals surface area contributed by atoms with Crippen molar-refractivity contribution in [2.75, 3.05) is 0 Å². The Labute approximate surface area is 69.5 Å². The summed E-state index contributed by atoms with van der Waals surface area (Å²) in [7, 11) is 0. The molecule has 1 rings (SSSR count). The molecule has 0 saturated heterocycles. The average Bonchev–Trinajstić information content (AvgIpc) is 2.04. The topological polar surface area (TPSA) is 43.1 Å². The number of rotatable bonds is 2. The molecule has 0 spiro atoms. The van der Waals surface area contributed by atoms with Gasteiger partial charge in [-0.15, -0.1) is 0 Å². The lowest BCUT2D eigenvalue weighted by atomic mass is 10.1. The van der Waals surface area contributed by atoms with Crippen LogP contribution in [0.1, 0.15) is 5.56 Å². The van der Waals surface area contributed by atoms with Crippen molar-refractivity contribution in [2.24, 2.45) is 5.73 Å². The van der Waals surface area contributed by atoms with E-state index in [0.29, 0.717) is 0 Å². The largest absolute Gasteiger partial charge is 0.366 e. The molecule has 2 nitrogen and oxygen atoms in total. The Morgan fingerprint density at radius 3 is 2.50 bits per heavy atom. The molecule has 1 aromatic rings. The Hall–Kier alpha value is -1.64. The van der Waals surface area contributed by atoms with E-state index in [2.05, 4.69) is 6.58 Å². The van der Waals surface area contributed by atoms with Crippen molar-refractivity contribution in [3.05, 3.63) is 42.2 Å². The summed E-state index contributed by atoms with van der Waals surface area (Å²) in [6.07, 6.45) is 0. The minimum absolute atomic E-state index is 0.00639. The average molecular weight is 165 g/mol. The smallest absolute Gasteiger partial charge is 0.248 e.